The molecule has 1 fully saturated rings. The van der Waals surface area contributed by atoms with Crippen molar-refractivity contribution >= 4 is 34.6 Å². The Bertz CT molecular complexity index is 1180. The minimum absolute atomic E-state index is 0.0300. The van der Waals surface area contributed by atoms with Gasteiger partial charge >= 0.3 is 6.03 Å². The number of amides is 3. The molecular formula is C24H27N5O4S. The molecule has 3 amide bonds. The summed E-state index contributed by atoms with van der Waals surface area (Å²) >= 11 is 1.28. The molecule has 0 aliphatic carbocycles. The molecule has 1 aliphatic heterocycles. The van der Waals surface area contributed by atoms with Crippen LogP contribution in [0, 0.1) is 6.92 Å². The van der Waals surface area contributed by atoms with Crippen LogP contribution in [0.4, 0.5) is 16.2 Å². The van der Waals surface area contributed by atoms with Gasteiger partial charge in [-0.15, -0.1) is 10.2 Å². The van der Waals surface area contributed by atoms with Crippen LogP contribution in [0.2, 0.25) is 0 Å². The molecule has 1 aromatic heterocycles. The van der Waals surface area contributed by atoms with E-state index in [2.05, 4.69) is 20.8 Å². The van der Waals surface area contributed by atoms with E-state index in [-0.39, 0.29) is 17.9 Å². The van der Waals surface area contributed by atoms with E-state index < -0.39 is 0 Å². The molecule has 0 radical (unpaired) electrons. The van der Waals surface area contributed by atoms with Gasteiger partial charge in [-0.05, 0) is 43.5 Å². The van der Waals surface area contributed by atoms with Crippen LogP contribution in [0.15, 0.2) is 42.5 Å². The summed E-state index contributed by atoms with van der Waals surface area (Å²) in [6.07, 6.45) is 1.72. The molecule has 1 unspecified atom stereocenters. The average Bonchev–Trinajstić information content (AvgIpc) is 3.36. The van der Waals surface area contributed by atoms with Gasteiger partial charge in [0.05, 0.1) is 14.2 Å². The molecule has 178 valence electrons. The SMILES string of the molecule is COc1ccc(NC(=O)N2CCCC(c3nnc(C(=O)Nc4ccccc4C)s3)C2)cc1OC. The summed E-state index contributed by atoms with van der Waals surface area (Å²) in [5, 5.41) is 15.2. The number of likely N-dealkylation sites (tertiary alicyclic amines) is 1. The van der Waals surface area contributed by atoms with E-state index in [4.69, 9.17) is 9.47 Å². The summed E-state index contributed by atoms with van der Waals surface area (Å²) in [6.45, 7) is 3.09. The summed E-state index contributed by atoms with van der Waals surface area (Å²) in [5.74, 6) is 0.888. The van der Waals surface area contributed by atoms with Crippen LogP contribution in [0.5, 0.6) is 11.5 Å². The minimum atomic E-state index is -0.281. The molecule has 10 heteroatoms. The highest BCUT2D eigenvalue weighted by atomic mass is 32.1. The summed E-state index contributed by atoms with van der Waals surface area (Å²) in [4.78, 5) is 27.3. The van der Waals surface area contributed by atoms with E-state index >= 15 is 0 Å². The molecule has 0 bridgehead atoms. The van der Waals surface area contributed by atoms with Crippen molar-refractivity contribution in [3.05, 3.63) is 58.0 Å². The normalized spacial score (nSPS) is 15.5. The topological polar surface area (TPSA) is 106 Å². The Morgan fingerprint density at radius 2 is 1.85 bits per heavy atom. The van der Waals surface area contributed by atoms with Gasteiger partial charge in [-0.2, -0.15) is 0 Å². The third kappa shape index (κ3) is 5.28. The minimum Gasteiger partial charge on any atom is -0.493 e. The van der Waals surface area contributed by atoms with Gasteiger partial charge in [0, 0.05) is 36.4 Å². The zero-order valence-electron chi connectivity index (χ0n) is 19.3. The lowest BCUT2D eigenvalue weighted by molar-refractivity contribution is 0.102. The molecular weight excluding hydrogens is 454 g/mol. The fraction of sp³-hybridized carbons (Fsp3) is 0.333. The summed E-state index contributed by atoms with van der Waals surface area (Å²) in [5.41, 5.74) is 2.35. The number of carbonyl (C=O) groups is 2. The maximum atomic E-state index is 12.9. The quantitative estimate of drug-likeness (QED) is 0.536. The largest absolute Gasteiger partial charge is 0.493 e. The van der Waals surface area contributed by atoms with Crippen LogP contribution in [0.25, 0.3) is 0 Å². The number of aryl methyl sites for hydroxylation is 1. The number of benzene rings is 2. The molecule has 3 aromatic rings. The van der Waals surface area contributed by atoms with E-state index in [1.807, 2.05) is 31.2 Å². The Kier molecular flexibility index (Phi) is 7.27. The van der Waals surface area contributed by atoms with E-state index in [9.17, 15) is 9.59 Å². The fourth-order valence-corrected chi connectivity index (χ4v) is 4.72. The van der Waals surface area contributed by atoms with E-state index in [0.717, 1.165) is 29.1 Å². The molecule has 4 rings (SSSR count). The number of ether oxygens (including phenoxy) is 2. The van der Waals surface area contributed by atoms with Crippen LogP contribution in [0.3, 0.4) is 0 Å². The number of nitrogens with zero attached hydrogens (tertiary/aromatic N) is 3. The number of anilines is 2. The Morgan fingerprint density at radius 1 is 1.06 bits per heavy atom. The number of nitrogens with one attached hydrogen (secondary N) is 2. The average molecular weight is 482 g/mol. The third-order valence-corrected chi connectivity index (χ3v) is 6.81. The van der Waals surface area contributed by atoms with Crippen LogP contribution < -0.4 is 20.1 Å². The second-order valence-electron chi connectivity index (χ2n) is 8.00. The zero-order chi connectivity index (χ0) is 24.1. The van der Waals surface area contributed by atoms with Crippen molar-refractivity contribution in [1.29, 1.82) is 0 Å². The smallest absolute Gasteiger partial charge is 0.321 e. The number of carbonyl (C=O) groups excluding carboxylic acids is 2. The van der Waals surface area contributed by atoms with E-state index in [1.54, 1.807) is 37.3 Å². The second-order valence-corrected chi connectivity index (χ2v) is 9.01. The predicted molar refractivity (Wildman–Crippen MR) is 131 cm³/mol. The molecule has 1 aliphatic rings. The second kappa shape index (κ2) is 10.5. The van der Waals surface area contributed by atoms with Gasteiger partial charge in [-0.1, -0.05) is 29.5 Å². The lowest BCUT2D eigenvalue weighted by Gasteiger charge is -2.31. The highest BCUT2D eigenvalue weighted by molar-refractivity contribution is 7.13. The van der Waals surface area contributed by atoms with Crippen molar-refractivity contribution in [2.24, 2.45) is 0 Å². The van der Waals surface area contributed by atoms with Crippen molar-refractivity contribution < 1.29 is 19.1 Å². The zero-order valence-corrected chi connectivity index (χ0v) is 20.1. The highest BCUT2D eigenvalue weighted by Crippen LogP contribution is 2.32. The summed E-state index contributed by atoms with van der Waals surface area (Å²) in [7, 11) is 3.12. The number of rotatable bonds is 6. The Balaban J connectivity index is 1.39. The number of urea groups is 1. The van der Waals surface area contributed by atoms with Gasteiger partial charge in [0.1, 0.15) is 5.01 Å². The number of hydrogen-bond acceptors (Lipinski definition) is 7. The molecule has 0 saturated carbocycles. The van der Waals surface area contributed by atoms with E-state index in [1.165, 1.54) is 11.3 Å². The number of para-hydroxylation sites is 1. The van der Waals surface area contributed by atoms with Crippen molar-refractivity contribution in [2.45, 2.75) is 25.7 Å². The molecule has 9 nitrogen and oxygen atoms in total. The molecule has 1 saturated heterocycles. The van der Waals surface area contributed by atoms with Crippen LogP contribution in [0.1, 0.15) is 39.1 Å². The lowest BCUT2D eigenvalue weighted by atomic mass is 9.99. The highest BCUT2D eigenvalue weighted by Gasteiger charge is 2.28. The van der Waals surface area contributed by atoms with Crippen LogP contribution in [-0.2, 0) is 0 Å². The van der Waals surface area contributed by atoms with Crippen molar-refractivity contribution in [1.82, 2.24) is 15.1 Å². The van der Waals surface area contributed by atoms with Gasteiger partial charge in [-0.3, -0.25) is 4.79 Å². The monoisotopic (exact) mass is 481 g/mol. The molecule has 2 aromatic carbocycles. The molecule has 34 heavy (non-hydrogen) atoms. The first-order chi connectivity index (χ1) is 16.5. The first-order valence-corrected chi connectivity index (χ1v) is 11.8. The number of piperidine rings is 1. The molecule has 2 N–H and O–H groups in total. The number of methoxy groups -OCH3 is 2. The first kappa shape index (κ1) is 23.5. The van der Waals surface area contributed by atoms with Crippen LogP contribution >= 0.6 is 11.3 Å². The van der Waals surface area contributed by atoms with Gasteiger partial charge < -0.3 is 25.0 Å². The molecule has 1 atom stereocenters. The first-order valence-electron chi connectivity index (χ1n) is 11.0. The summed E-state index contributed by atoms with van der Waals surface area (Å²) < 4.78 is 10.6. The number of aromatic nitrogens is 2. The standard InChI is InChI=1S/C24H27N5O4S/c1-15-7-4-5-9-18(15)26-21(30)23-28-27-22(34-23)16-8-6-12-29(14-16)24(31)25-17-10-11-19(32-2)20(13-17)33-3/h4-5,7,9-11,13,16H,6,8,12,14H2,1-3H3,(H,25,31)(H,26,30). The van der Waals surface area contributed by atoms with Crippen molar-refractivity contribution in [2.75, 3.05) is 37.9 Å². The number of hydrogen-bond donors (Lipinski definition) is 2. The van der Waals surface area contributed by atoms with Gasteiger partial charge in [0.15, 0.2) is 11.5 Å². The van der Waals surface area contributed by atoms with E-state index in [0.29, 0.717) is 35.3 Å². The molecule has 0 spiro atoms. The Hall–Kier alpha value is -3.66. The fourth-order valence-electron chi connectivity index (χ4n) is 3.86. The maximum Gasteiger partial charge on any atom is 0.321 e. The Morgan fingerprint density at radius 3 is 2.62 bits per heavy atom. The van der Waals surface area contributed by atoms with Crippen molar-refractivity contribution in [3.63, 3.8) is 0 Å². The summed E-state index contributed by atoms with van der Waals surface area (Å²) in [6, 6.07) is 12.6. The maximum absolute atomic E-state index is 12.9. The van der Waals surface area contributed by atoms with Crippen LogP contribution in [-0.4, -0.2) is 54.3 Å². The molecule has 2 heterocycles. The van der Waals surface area contributed by atoms with Gasteiger partial charge in [-0.25, -0.2) is 4.79 Å². The van der Waals surface area contributed by atoms with Gasteiger partial charge in [0.25, 0.3) is 5.91 Å². The predicted octanol–water partition coefficient (Wildman–Crippen LogP) is 4.53. The van der Waals surface area contributed by atoms with Gasteiger partial charge in [0.2, 0.25) is 5.01 Å². The van der Waals surface area contributed by atoms with Crippen molar-refractivity contribution in [3.8, 4) is 11.5 Å². The third-order valence-electron chi connectivity index (χ3n) is 5.72. The lowest BCUT2D eigenvalue weighted by Crippen LogP contribution is -2.41. The Labute approximate surface area is 202 Å².